The maximum atomic E-state index is 10.0. The molecule has 1 rings (SSSR count). The Morgan fingerprint density at radius 2 is 2.33 bits per heavy atom. The van der Waals surface area contributed by atoms with E-state index in [-0.39, 0.29) is 0 Å². The summed E-state index contributed by atoms with van der Waals surface area (Å²) in [6, 6.07) is 3.93. The topological polar surface area (TPSA) is 30.0 Å². The van der Waals surface area contributed by atoms with E-state index < -0.39 is 0 Å². The molecule has 12 heavy (non-hydrogen) atoms. The highest BCUT2D eigenvalue weighted by Gasteiger charge is 1.93. The zero-order chi connectivity index (χ0) is 8.81. The van der Waals surface area contributed by atoms with E-state index in [4.69, 9.17) is 0 Å². The number of hydrogen-bond acceptors (Lipinski definition) is 2. The van der Waals surface area contributed by atoms with Crippen LogP contribution in [-0.2, 0) is 11.2 Å². The molecular formula is C9H10BrNO. The lowest BCUT2D eigenvalue weighted by Crippen LogP contribution is -1.89. The minimum atomic E-state index is 0.623. The molecule has 0 spiro atoms. The second-order valence-corrected chi connectivity index (χ2v) is 3.44. The number of carbonyl (C=O) groups is 1. The second kappa shape index (κ2) is 5.04. The highest BCUT2D eigenvalue weighted by molar-refractivity contribution is 9.10. The molecule has 0 aliphatic rings. The fourth-order valence-corrected chi connectivity index (χ4v) is 1.16. The second-order valence-electron chi connectivity index (χ2n) is 2.53. The number of aldehydes is 1. The quantitative estimate of drug-likeness (QED) is 0.584. The largest absolute Gasteiger partial charge is 0.303 e. The van der Waals surface area contributed by atoms with Gasteiger partial charge in [-0.3, -0.25) is 4.98 Å². The predicted molar refractivity (Wildman–Crippen MR) is 50.9 cm³/mol. The minimum Gasteiger partial charge on any atom is -0.303 e. The summed E-state index contributed by atoms with van der Waals surface area (Å²) in [6.45, 7) is 0. The third-order valence-electron chi connectivity index (χ3n) is 1.54. The molecule has 0 unspecified atom stereocenters. The minimum absolute atomic E-state index is 0.623. The van der Waals surface area contributed by atoms with E-state index in [1.54, 1.807) is 6.20 Å². The van der Waals surface area contributed by atoms with Gasteiger partial charge in [-0.1, -0.05) is 0 Å². The zero-order valence-corrected chi connectivity index (χ0v) is 8.25. The van der Waals surface area contributed by atoms with E-state index in [0.29, 0.717) is 6.42 Å². The molecule has 0 radical (unpaired) electrons. The monoisotopic (exact) mass is 227 g/mol. The molecule has 0 saturated carbocycles. The molecule has 64 valence electrons. The molecule has 1 heterocycles. The van der Waals surface area contributed by atoms with Crippen molar-refractivity contribution in [2.75, 3.05) is 0 Å². The van der Waals surface area contributed by atoms with Crippen molar-refractivity contribution in [3.8, 4) is 0 Å². The van der Waals surface area contributed by atoms with Crippen molar-refractivity contribution in [3.05, 3.63) is 28.5 Å². The Hall–Kier alpha value is -0.700. The molecule has 0 atom stereocenters. The maximum absolute atomic E-state index is 10.0. The van der Waals surface area contributed by atoms with Crippen molar-refractivity contribution in [2.45, 2.75) is 19.3 Å². The van der Waals surface area contributed by atoms with E-state index in [1.165, 1.54) is 0 Å². The van der Waals surface area contributed by atoms with E-state index in [0.717, 1.165) is 29.3 Å². The van der Waals surface area contributed by atoms with Gasteiger partial charge in [0.15, 0.2) is 0 Å². The van der Waals surface area contributed by atoms with E-state index in [1.807, 2.05) is 12.1 Å². The van der Waals surface area contributed by atoms with Crippen molar-refractivity contribution in [1.29, 1.82) is 0 Å². The van der Waals surface area contributed by atoms with Gasteiger partial charge in [-0.05, 0) is 40.9 Å². The SMILES string of the molecule is O=CCCCc1ccc(Br)cn1. The average molecular weight is 228 g/mol. The molecule has 0 aliphatic carbocycles. The van der Waals surface area contributed by atoms with E-state index >= 15 is 0 Å². The fourth-order valence-electron chi connectivity index (χ4n) is 0.921. The Kier molecular flexibility index (Phi) is 3.94. The van der Waals surface area contributed by atoms with Gasteiger partial charge in [-0.15, -0.1) is 0 Å². The van der Waals surface area contributed by atoms with E-state index in [9.17, 15) is 4.79 Å². The Morgan fingerprint density at radius 1 is 1.50 bits per heavy atom. The maximum Gasteiger partial charge on any atom is 0.120 e. The molecule has 0 bridgehead atoms. The van der Waals surface area contributed by atoms with Gasteiger partial charge in [0.25, 0.3) is 0 Å². The summed E-state index contributed by atoms with van der Waals surface area (Å²) < 4.78 is 0.988. The van der Waals surface area contributed by atoms with Crippen molar-refractivity contribution in [2.24, 2.45) is 0 Å². The first-order valence-electron chi connectivity index (χ1n) is 3.87. The molecule has 0 aromatic carbocycles. The smallest absolute Gasteiger partial charge is 0.120 e. The normalized spacial score (nSPS) is 9.75. The van der Waals surface area contributed by atoms with Gasteiger partial charge >= 0.3 is 0 Å². The lowest BCUT2D eigenvalue weighted by atomic mass is 10.2. The number of nitrogens with zero attached hydrogens (tertiary/aromatic N) is 1. The third-order valence-corrected chi connectivity index (χ3v) is 2.01. The number of aromatic nitrogens is 1. The number of unbranched alkanes of at least 4 members (excludes halogenated alkanes) is 1. The zero-order valence-electron chi connectivity index (χ0n) is 6.66. The number of rotatable bonds is 4. The summed E-state index contributed by atoms with van der Waals surface area (Å²) in [5.74, 6) is 0. The van der Waals surface area contributed by atoms with Crippen LogP contribution in [-0.4, -0.2) is 11.3 Å². The van der Waals surface area contributed by atoms with Crippen molar-refractivity contribution >= 4 is 22.2 Å². The van der Waals surface area contributed by atoms with Crippen LogP contribution in [0.15, 0.2) is 22.8 Å². The van der Waals surface area contributed by atoms with Crippen LogP contribution in [0.2, 0.25) is 0 Å². The van der Waals surface area contributed by atoms with Crippen LogP contribution in [0.4, 0.5) is 0 Å². The van der Waals surface area contributed by atoms with Gasteiger partial charge < -0.3 is 4.79 Å². The van der Waals surface area contributed by atoms with Gasteiger partial charge in [-0.25, -0.2) is 0 Å². The third kappa shape index (κ3) is 3.13. The van der Waals surface area contributed by atoms with Crippen LogP contribution in [0.3, 0.4) is 0 Å². The summed E-state index contributed by atoms with van der Waals surface area (Å²) in [5, 5.41) is 0. The lowest BCUT2D eigenvalue weighted by Gasteiger charge is -1.97. The average Bonchev–Trinajstić information content (AvgIpc) is 2.09. The molecule has 3 heteroatoms. The van der Waals surface area contributed by atoms with Crippen LogP contribution in [0.25, 0.3) is 0 Å². The Balaban J connectivity index is 2.42. The fraction of sp³-hybridized carbons (Fsp3) is 0.333. The summed E-state index contributed by atoms with van der Waals surface area (Å²) >= 11 is 3.31. The van der Waals surface area contributed by atoms with Crippen LogP contribution in [0, 0.1) is 0 Å². The highest BCUT2D eigenvalue weighted by Crippen LogP contribution is 2.08. The van der Waals surface area contributed by atoms with Crippen LogP contribution >= 0.6 is 15.9 Å². The Labute approximate surface area is 80.1 Å². The number of halogens is 1. The number of carbonyl (C=O) groups excluding carboxylic acids is 1. The molecule has 0 fully saturated rings. The lowest BCUT2D eigenvalue weighted by molar-refractivity contribution is -0.107. The molecule has 0 N–H and O–H groups in total. The summed E-state index contributed by atoms with van der Waals surface area (Å²) in [7, 11) is 0. The highest BCUT2D eigenvalue weighted by atomic mass is 79.9. The molecule has 2 nitrogen and oxygen atoms in total. The summed E-state index contributed by atoms with van der Waals surface area (Å²) in [5.41, 5.74) is 1.04. The first kappa shape index (κ1) is 9.39. The van der Waals surface area contributed by atoms with Gasteiger partial charge in [0.1, 0.15) is 6.29 Å². The standard InChI is InChI=1S/C9H10BrNO/c10-8-4-5-9(11-7-8)3-1-2-6-12/h4-7H,1-3H2. The van der Waals surface area contributed by atoms with Gasteiger partial charge in [0, 0.05) is 22.8 Å². The van der Waals surface area contributed by atoms with Gasteiger partial charge in [0.05, 0.1) is 0 Å². The molecule has 0 amide bonds. The molecule has 0 aliphatic heterocycles. The molecule has 1 aromatic rings. The summed E-state index contributed by atoms with van der Waals surface area (Å²) in [4.78, 5) is 14.2. The molecule has 0 saturated heterocycles. The number of pyridine rings is 1. The Bertz CT molecular complexity index is 245. The molecular weight excluding hydrogens is 218 g/mol. The van der Waals surface area contributed by atoms with Gasteiger partial charge in [0.2, 0.25) is 0 Å². The number of hydrogen-bond donors (Lipinski definition) is 0. The van der Waals surface area contributed by atoms with E-state index in [2.05, 4.69) is 20.9 Å². The van der Waals surface area contributed by atoms with Crippen LogP contribution in [0.1, 0.15) is 18.5 Å². The van der Waals surface area contributed by atoms with Crippen molar-refractivity contribution < 1.29 is 4.79 Å². The van der Waals surface area contributed by atoms with Crippen molar-refractivity contribution in [1.82, 2.24) is 4.98 Å². The number of aryl methyl sites for hydroxylation is 1. The predicted octanol–water partition coefficient (Wildman–Crippen LogP) is 2.37. The van der Waals surface area contributed by atoms with Crippen LogP contribution < -0.4 is 0 Å². The van der Waals surface area contributed by atoms with Gasteiger partial charge in [-0.2, -0.15) is 0 Å². The Morgan fingerprint density at radius 3 is 2.92 bits per heavy atom. The van der Waals surface area contributed by atoms with Crippen LogP contribution in [0.5, 0.6) is 0 Å². The molecule has 1 aromatic heterocycles. The first-order valence-corrected chi connectivity index (χ1v) is 4.66. The first-order chi connectivity index (χ1) is 5.83. The van der Waals surface area contributed by atoms with Crippen molar-refractivity contribution in [3.63, 3.8) is 0 Å². The summed E-state index contributed by atoms with van der Waals surface area (Å²) in [6.07, 6.45) is 5.11.